The zero-order valence-electron chi connectivity index (χ0n) is 9.17. The van der Waals surface area contributed by atoms with Gasteiger partial charge < -0.3 is 20.2 Å². The van der Waals surface area contributed by atoms with Crippen molar-refractivity contribution in [1.82, 2.24) is 4.90 Å². The normalized spacial score (nSPS) is 26.8. The van der Waals surface area contributed by atoms with Gasteiger partial charge in [-0.3, -0.25) is 9.59 Å². The smallest absolute Gasteiger partial charge is 0.303 e. The molecular weight excluding hydrogens is 214 g/mol. The number of carboxylic acid groups (broad SMARTS) is 1. The van der Waals surface area contributed by atoms with E-state index >= 15 is 0 Å². The second-order valence-electron chi connectivity index (χ2n) is 4.34. The third-order valence-corrected chi connectivity index (χ3v) is 2.66. The number of nitrogens with zero attached hydrogens (tertiary/aromatic N) is 1. The van der Waals surface area contributed by atoms with Crippen molar-refractivity contribution in [2.24, 2.45) is 5.92 Å². The number of carbonyl (C=O) groups is 2. The van der Waals surface area contributed by atoms with Gasteiger partial charge in [0.15, 0.2) is 0 Å². The molecule has 0 saturated carbocycles. The topological polar surface area (TPSA) is 98.1 Å². The number of hydrogen-bond donors (Lipinski definition) is 3. The largest absolute Gasteiger partial charge is 0.481 e. The highest BCUT2D eigenvalue weighted by Gasteiger charge is 2.32. The van der Waals surface area contributed by atoms with Gasteiger partial charge >= 0.3 is 5.97 Å². The molecule has 6 nitrogen and oxygen atoms in total. The summed E-state index contributed by atoms with van der Waals surface area (Å²) in [7, 11) is 0. The number of carbonyl (C=O) groups excluding carboxylic acids is 1. The summed E-state index contributed by atoms with van der Waals surface area (Å²) in [6, 6.07) is 0. The molecule has 1 aliphatic heterocycles. The Morgan fingerprint density at radius 1 is 1.25 bits per heavy atom. The van der Waals surface area contributed by atoms with E-state index in [0.717, 1.165) is 0 Å². The van der Waals surface area contributed by atoms with E-state index in [4.69, 9.17) is 5.11 Å². The fourth-order valence-electron chi connectivity index (χ4n) is 1.77. The molecule has 1 fully saturated rings. The highest BCUT2D eigenvalue weighted by atomic mass is 16.4. The molecule has 6 heteroatoms. The summed E-state index contributed by atoms with van der Waals surface area (Å²) in [5.74, 6) is -1.38. The lowest BCUT2D eigenvalue weighted by Crippen LogP contribution is -2.31. The minimum Gasteiger partial charge on any atom is -0.481 e. The van der Waals surface area contributed by atoms with E-state index in [1.807, 2.05) is 0 Å². The number of likely N-dealkylation sites (tertiary alicyclic amines) is 1. The zero-order valence-corrected chi connectivity index (χ0v) is 9.17. The highest BCUT2D eigenvalue weighted by Crippen LogP contribution is 2.15. The van der Waals surface area contributed by atoms with Gasteiger partial charge in [-0.2, -0.15) is 0 Å². The van der Waals surface area contributed by atoms with Crippen LogP contribution in [-0.4, -0.2) is 57.4 Å². The number of aliphatic hydroxyl groups excluding tert-OH is 2. The van der Waals surface area contributed by atoms with Crippen molar-refractivity contribution in [3.05, 3.63) is 0 Å². The van der Waals surface area contributed by atoms with Gasteiger partial charge in [-0.1, -0.05) is 6.92 Å². The third kappa shape index (κ3) is 3.46. The van der Waals surface area contributed by atoms with E-state index in [1.165, 1.54) is 4.90 Å². The molecular formula is C10H17NO5. The van der Waals surface area contributed by atoms with Crippen molar-refractivity contribution in [2.45, 2.75) is 32.0 Å². The van der Waals surface area contributed by atoms with Crippen LogP contribution >= 0.6 is 0 Å². The Hall–Kier alpha value is -1.14. The highest BCUT2D eigenvalue weighted by molar-refractivity contribution is 5.77. The summed E-state index contributed by atoms with van der Waals surface area (Å²) in [4.78, 5) is 23.4. The van der Waals surface area contributed by atoms with Gasteiger partial charge in [0.05, 0.1) is 12.2 Å². The quantitative estimate of drug-likeness (QED) is 0.579. The van der Waals surface area contributed by atoms with Crippen molar-refractivity contribution < 1.29 is 24.9 Å². The summed E-state index contributed by atoms with van der Waals surface area (Å²) in [5.41, 5.74) is 0. The van der Waals surface area contributed by atoms with Gasteiger partial charge in [0.1, 0.15) is 0 Å². The maximum atomic E-state index is 11.6. The molecule has 3 unspecified atom stereocenters. The molecule has 92 valence electrons. The summed E-state index contributed by atoms with van der Waals surface area (Å²) < 4.78 is 0. The van der Waals surface area contributed by atoms with Crippen molar-refractivity contribution in [3.8, 4) is 0 Å². The van der Waals surface area contributed by atoms with Crippen LogP contribution in [0.4, 0.5) is 0 Å². The first-order chi connectivity index (χ1) is 7.40. The average Bonchev–Trinajstić information content (AvgIpc) is 2.45. The van der Waals surface area contributed by atoms with Crippen LogP contribution in [0.3, 0.4) is 0 Å². The molecule has 16 heavy (non-hydrogen) atoms. The molecule has 1 amide bonds. The van der Waals surface area contributed by atoms with E-state index in [-0.39, 0.29) is 37.8 Å². The van der Waals surface area contributed by atoms with E-state index < -0.39 is 18.2 Å². The number of carboxylic acids is 1. The molecule has 0 bridgehead atoms. The van der Waals surface area contributed by atoms with Gasteiger partial charge in [-0.25, -0.2) is 0 Å². The molecule has 1 saturated heterocycles. The number of rotatable bonds is 4. The Bertz CT molecular complexity index is 270. The number of amides is 1. The monoisotopic (exact) mass is 231 g/mol. The predicted octanol–water partition coefficient (Wildman–Crippen LogP) is -0.949. The Kier molecular flexibility index (Phi) is 4.26. The van der Waals surface area contributed by atoms with Gasteiger partial charge in [-0.05, 0) is 5.92 Å². The third-order valence-electron chi connectivity index (χ3n) is 2.66. The fraction of sp³-hybridized carbons (Fsp3) is 0.800. The molecule has 0 aromatic rings. The molecule has 0 aliphatic carbocycles. The Morgan fingerprint density at radius 3 is 2.19 bits per heavy atom. The zero-order chi connectivity index (χ0) is 12.3. The van der Waals surface area contributed by atoms with Crippen LogP contribution in [0.1, 0.15) is 19.8 Å². The summed E-state index contributed by atoms with van der Waals surface area (Å²) in [6.07, 6.45) is -1.70. The molecule has 1 aliphatic rings. The van der Waals surface area contributed by atoms with Crippen molar-refractivity contribution in [3.63, 3.8) is 0 Å². The van der Waals surface area contributed by atoms with Crippen LogP contribution in [0.5, 0.6) is 0 Å². The second kappa shape index (κ2) is 5.27. The second-order valence-corrected chi connectivity index (χ2v) is 4.34. The number of aliphatic carboxylic acids is 1. The van der Waals surface area contributed by atoms with E-state index in [0.29, 0.717) is 0 Å². The SMILES string of the molecule is CC(CC(=O)O)CC(=O)N1CC(O)C(O)C1. The number of hydrogen-bond acceptors (Lipinski definition) is 4. The predicted molar refractivity (Wildman–Crippen MR) is 54.6 cm³/mol. The van der Waals surface area contributed by atoms with Gasteiger partial charge in [0.25, 0.3) is 0 Å². The van der Waals surface area contributed by atoms with Gasteiger partial charge in [-0.15, -0.1) is 0 Å². The van der Waals surface area contributed by atoms with Crippen LogP contribution in [0.2, 0.25) is 0 Å². The first kappa shape index (κ1) is 12.9. The van der Waals surface area contributed by atoms with E-state index in [9.17, 15) is 19.8 Å². The standard InChI is InChI=1S/C10H17NO5/c1-6(3-10(15)16)2-9(14)11-4-7(12)8(13)5-11/h6-8,12-13H,2-5H2,1H3,(H,15,16). The van der Waals surface area contributed by atoms with Crippen LogP contribution in [0, 0.1) is 5.92 Å². The lowest BCUT2D eigenvalue weighted by Gasteiger charge is -2.17. The maximum Gasteiger partial charge on any atom is 0.303 e. The fourth-order valence-corrected chi connectivity index (χ4v) is 1.77. The first-order valence-electron chi connectivity index (χ1n) is 5.26. The van der Waals surface area contributed by atoms with Crippen LogP contribution < -0.4 is 0 Å². The number of aliphatic hydroxyl groups is 2. The molecule has 0 spiro atoms. The number of β-amino-alcohol motifs (C(OH)–C–C–N with tert-alkyl or cyclic N) is 2. The summed E-state index contributed by atoms with van der Waals surface area (Å²) in [6.45, 7) is 1.94. The van der Waals surface area contributed by atoms with Gasteiger partial charge in [0.2, 0.25) is 5.91 Å². The van der Waals surface area contributed by atoms with Gasteiger partial charge in [0, 0.05) is 25.9 Å². The minimum atomic E-state index is -0.929. The van der Waals surface area contributed by atoms with Crippen LogP contribution in [0.15, 0.2) is 0 Å². The molecule has 0 aromatic carbocycles. The van der Waals surface area contributed by atoms with E-state index in [2.05, 4.69) is 0 Å². The molecule has 1 heterocycles. The van der Waals surface area contributed by atoms with Crippen LogP contribution in [0.25, 0.3) is 0 Å². The van der Waals surface area contributed by atoms with Crippen molar-refractivity contribution in [2.75, 3.05) is 13.1 Å². The van der Waals surface area contributed by atoms with Crippen molar-refractivity contribution >= 4 is 11.9 Å². The Labute approximate surface area is 93.5 Å². The van der Waals surface area contributed by atoms with E-state index in [1.54, 1.807) is 6.92 Å². The summed E-state index contributed by atoms with van der Waals surface area (Å²) >= 11 is 0. The minimum absolute atomic E-state index is 0.0509. The Balaban J connectivity index is 2.38. The molecule has 0 radical (unpaired) electrons. The lowest BCUT2D eigenvalue weighted by atomic mass is 10.0. The molecule has 1 rings (SSSR count). The first-order valence-corrected chi connectivity index (χ1v) is 5.26. The van der Waals surface area contributed by atoms with Crippen molar-refractivity contribution in [1.29, 1.82) is 0 Å². The van der Waals surface area contributed by atoms with Crippen LogP contribution in [-0.2, 0) is 9.59 Å². The summed E-state index contributed by atoms with van der Waals surface area (Å²) in [5, 5.41) is 27.1. The maximum absolute atomic E-state index is 11.6. The Morgan fingerprint density at radius 2 is 1.75 bits per heavy atom. The molecule has 3 N–H and O–H groups in total. The lowest BCUT2D eigenvalue weighted by molar-refractivity contribution is -0.138. The average molecular weight is 231 g/mol. The molecule has 0 aromatic heterocycles. The molecule has 3 atom stereocenters.